The summed E-state index contributed by atoms with van der Waals surface area (Å²) in [7, 11) is 0. The lowest BCUT2D eigenvalue weighted by Gasteiger charge is -2.12. The molecule has 19 heavy (non-hydrogen) atoms. The van der Waals surface area contributed by atoms with E-state index in [-0.39, 0.29) is 0 Å². The van der Waals surface area contributed by atoms with Crippen LogP contribution >= 0.6 is 0 Å². The van der Waals surface area contributed by atoms with Gasteiger partial charge in [-0.3, -0.25) is 0 Å². The Morgan fingerprint density at radius 2 is 1.95 bits per heavy atom. The normalized spacial score (nSPS) is 12.6. The summed E-state index contributed by atoms with van der Waals surface area (Å²) in [6, 6.07) is 8.17. The zero-order chi connectivity index (χ0) is 13.9. The minimum atomic E-state index is -0.444. The van der Waals surface area contributed by atoms with Gasteiger partial charge in [0.1, 0.15) is 0 Å². The number of hydrogen-bond acceptors (Lipinski definition) is 4. The van der Waals surface area contributed by atoms with E-state index >= 15 is 0 Å². The Balaban J connectivity index is 2.11. The molecule has 1 rings (SSSR count). The zero-order valence-corrected chi connectivity index (χ0v) is 11.8. The second-order valence-corrected chi connectivity index (χ2v) is 4.73. The zero-order valence-electron chi connectivity index (χ0n) is 11.8. The van der Waals surface area contributed by atoms with Crippen LogP contribution in [0.2, 0.25) is 0 Å². The molecule has 1 atom stereocenters. The number of ether oxygens (including phenoxy) is 1. The van der Waals surface area contributed by atoms with Gasteiger partial charge in [-0.25, -0.2) is 0 Å². The molecule has 1 aromatic rings. The van der Waals surface area contributed by atoms with Gasteiger partial charge < -0.3 is 20.9 Å². The number of aliphatic hydroxyl groups is 1. The minimum absolute atomic E-state index is 0.402. The van der Waals surface area contributed by atoms with Gasteiger partial charge in [0.05, 0.1) is 12.7 Å². The topological polar surface area (TPSA) is 67.5 Å². The quantitative estimate of drug-likeness (QED) is 0.560. The first-order chi connectivity index (χ1) is 9.26. The lowest BCUT2D eigenvalue weighted by molar-refractivity contribution is 0.0358. The van der Waals surface area contributed by atoms with Crippen molar-refractivity contribution in [3.63, 3.8) is 0 Å². The van der Waals surface area contributed by atoms with Crippen LogP contribution in [0.3, 0.4) is 0 Å². The van der Waals surface area contributed by atoms with Gasteiger partial charge in [0, 0.05) is 26.2 Å². The van der Waals surface area contributed by atoms with Gasteiger partial charge in [0.15, 0.2) is 0 Å². The molecule has 4 nitrogen and oxygen atoms in total. The van der Waals surface area contributed by atoms with Crippen LogP contribution in [0.4, 0.5) is 0 Å². The lowest BCUT2D eigenvalue weighted by Crippen LogP contribution is -2.30. The number of benzene rings is 1. The summed E-state index contributed by atoms with van der Waals surface area (Å²) in [5.74, 6) is 0. The summed E-state index contributed by atoms with van der Waals surface area (Å²) < 4.78 is 5.36. The van der Waals surface area contributed by atoms with Crippen LogP contribution in [-0.2, 0) is 17.8 Å². The lowest BCUT2D eigenvalue weighted by atomic mass is 10.1. The molecule has 4 N–H and O–H groups in total. The number of rotatable bonds is 10. The van der Waals surface area contributed by atoms with Crippen LogP contribution < -0.4 is 11.1 Å². The number of nitrogens with one attached hydrogen (secondary N) is 1. The first-order valence-electron chi connectivity index (χ1n) is 7.00. The second kappa shape index (κ2) is 9.92. The molecule has 1 aromatic carbocycles. The molecule has 0 heterocycles. The molecule has 0 aliphatic rings. The SMILES string of the molecule is CCCCOCC(O)CNCc1ccc(CN)cc1. The van der Waals surface area contributed by atoms with E-state index in [0.717, 1.165) is 31.6 Å². The van der Waals surface area contributed by atoms with Crippen molar-refractivity contribution >= 4 is 0 Å². The van der Waals surface area contributed by atoms with Crippen molar-refractivity contribution in [1.29, 1.82) is 0 Å². The van der Waals surface area contributed by atoms with E-state index in [9.17, 15) is 5.11 Å². The monoisotopic (exact) mass is 266 g/mol. The van der Waals surface area contributed by atoms with Crippen molar-refractivity contribution in [2.75, 3.05) is 19.8 Å². The van der Waals surface area contributed by atoms with E-state index in [4.69, 9.17) is 10.5 Å². The highest BCUT2D eigenvalue weighted by atomic mass is 16.5. The Hall–Kier alpha value is -0.940. The highest BCUT2D eigenvalue weighted by Gasteiger charge is 2.03. The predicted octanol–water partition coefficient (Wildman–Crippen LogP) is 1.41. The van der Waals surface area contributed by atoms with Crippen LogP contribution in [0.15, 0.2) is 24.3 Å². The second-order valence-electron chi connectivity index (χ2n) is 4.73. The molecule has 108 valence electrons. The van der Waals surface area contributed by atoms with E-state index < -0.39 is 6.10 Å². The largest absolute Gasteiger partial charge is 0.389 e. The first kappa shape index (κ1) is 16.1. The van der Waals surface area contributed by atoms with Crippen LogP contribution in [0.5, 0.6) is 0 Å². The summed E-state index contributed by atoms with van der Waals surface area (Å²) in [6.07, 6.45) is 1.72. The Morgan fingerprint density at radius 3 is 2.58 bits per heavy atom. The van der Waals surface area contributed by atoms with Crippen molar-refractivity contribution in [1.82, 2.24) is 5.32 Å². The van der Waals surface area contributed by atoms with Crippen molar-refractivity contribution in [2.45, 2.75) is 39.0 Å². The van der Waals surface area contributed by atoms with Gasteiger partial charge in [0.2, 0.25) is 0 Å². The van der Waals surface area contributed by atoms with Crippen molar-refractivity contribution < 1.29 is 9.84 Å². The maximum Gasteiger partial charge on any atom is 0.0897 e. The van der Waals surface area contributed by atoms with Gasteiger partial charge in [0.25, 0.3) is 0 Å². The van der Waals surface area contributed by atoms with Crippen LogP contribution in [0, 0.1) is 0 Å². The number of unbranched alkanes of at least 4 members (excludes halogenated alkanes) is 1. The Morgan fingerprint density at radius 1 is 1.26 bits per heavy atom. The molecule has 0 aliphatic heterocycles. The van der Waals surface area contributed by atoms with E-state index in [1.54, 1.807) is 0 Å². The molecule has 0 aromatic heterocycles. The standard InChI is InChI=1S/C15H26N2O2/c1-2-3-8-19-12-15(18)11-17-10-14-6-4-13(9-16)5-7-14/h4-7,15,17-18H,2-3,8-12,16H2,1H3. The smallest absolute Gasteiger partial charge is 0.0897 e. The van der Waals surface area contributed by atoms with Gasteiger partial charge in [-0.15, -0.1) is 0 Å². The molecule has 0 bridgehead atoms. The molecular weight excluding hydrogens is 240 g/mol. The van der Waals surface area contributed by atoms with Crippen LogP contribution in [0.1, 0.15) is 30.9 Å². The van der Waals surface area contributed by atoms with Crippen LogP contribution in [-0.4, -0.2) is 31.0 Å². The Kier molecular flexibility index (Phi) is 8.41. The molecule has 0 radical (unpaired) electrons. The van der Waals surface area contributed by atoms with E-state index in [1.165, 1.54) is 5.56 Å². The van der Waals surface area contributed by atoms with Gasteiger partial charge in [-0.1, -0.05) is 37.6 Å². The van der Waals surface area contributed by atoms with E-state index in [1.807, 2.05) is 12.1 Å². The fraction of sp³-hybridized carbons (Fsp3) is 0.600. The van der Waals surface area contributed by atoms with Gasteiger partial charge >= 0.3 is 0 Å². The average Bonchev–Trinajstić information content (AvgIpc) is 2.44. The van der Waals surface area contributed by atoms with Crippen LogP contribution in [0.25, 0.3) is 0 Å². The maximum atomic E-state index is 9.70. The minimum Gasteiger partial charge on any atom is -0.389 e. The molecule has 0 fully saturated rings. The third-order valence-corrected chi connectivity index (χ3v) is 2.92. The summed E-state index contributed by atoms with van der Waals surface area (Å²) in [5.41, 5.74) is 7.87. The predicted molar refractivity (Wildman–Crippen MR) is 77.8 cm³/mol. The highest BCUT2D eigenvalue weighted by Crippen LogP contribution is 2.03. The molecule has 0 spiro atoms. The molecule has 0 saturated carbocycles. The summed E-state index contributed by atoms with van der Waals surface area (Å²) >= 11 is 0. The third kappa shape index (κ3) is 7.28. The first-order valence-corrected chi connectivity index (χ1v) is 7.00. The molecule has 0 aliphatic carbocycles. The molecule has 4 heteroatoms. The van der Waals surface area contributed by atoms with Gasteiger partial charge in [-0.2, -0.15) is 0 Å². The molecule has 0 saturated heterocycles. The highest BCUT2D eigenvalue weighted by molar-refractivity contribution is 5.22. The fourth-order valence-corrected chi connectivity index (χ4v) is 1.70. The molecule has 0 amide bonds. The van der Waals surface area contributed by atoms with Crippen molar-refractivity contribution in [3.8, 4) is 0 Å². The Labute approximate surface area is 116 Å². The molecular formula is C15H26N2O2. The van der Waals surface area contributed by atoms with E-state index in [0.29, 0.717) is 19.7 Å². The maximum absolute atomic E-state index is 9.70. The molecule has 1 unspecified atom stereocenters. The number of hydrogen-bond donors (Lipinski definition) is 3. The third-order valence-electron chi connectivity index (χ3n) is 2.92. The van der Waals surface area contributed by atoms with Gasteiger partial charge in [-0.05, 0) is 17.5 Å². The number of aliphatic hydroxyl groups excluding tert-OH is 1. The summed E-state index contributed by atoms with van der Waals surface area (Å²) in [4.78, 5) is 0. The fourth-order valence-electron chi connectivity index (χ4n) is 1.70. The average molecular weight is 266 g/mol. The summed E-state index contributed by atoms with van der Waals surface area (Å²) in [5, 5.41) is 12.9. The number of nitrogens with two attached hydrogens (primary N) is 1. The summed E-state index contributed by atoms with van der Waals surface area (Å²) in [6.45, 7) is 5.12. The Bertz CT molecular complexity index is 327. The van der Waals surface area contributed by atoms with E-state index in [2.05, 4.69) is 24.4 Å². The van der Waals surface area contributed by atoms with Crippen molar-refractivity contribution in [2.24, 2.45) is 5.73 Å². The van der Waals surface area contributed by atoms with Crippen molar-refractivity contribution in [3.05, 3.63) is 35.4 Å².